The summed E-state index contributed by atoms with van der Waals surface area (Å²) in [5.74, 6) is 0.0926. The molecule has 19 heavy (non-hydrogen) atoms. The Bertz CT molecular complexity index is 564. The Morgan fingerprint density at radius 3 is 2.26 bits per heavy atom. The van der Waals surface area contributed by atoms with Crippen LogP contribution in [0.4, 0.5) is 0 Å². The van der Waals surface area contributed by atoms with E-state index in [0.717, 1.165) is 10.0 Å². The molecule has 0 saturated heterocycles. The Balaban J connectivity index is 2.07. The molecule has 2 aromatic rings. The molecule has 0 saturated carbocycles. The fourth-order valence-corrected chi connectivity index (χ4v) is 2.02. The second kappa shape index (κ2) is 5.89. The van der Waals surface area contributed by atoms with Crippen molar-refractivity contribution in [2.24, 2.45) is 0 Å². The number of aromatic hydroxyl groups is 1. The first-order valence-electron chi connectivity index (χ1n) is 5.85. The second-order valence-electron chi connectivity index (χ2n) is 4.33. The van der Waals surface area contributed by atoms with Crippen molar-refractivity contribution < 1.29 is 9.90 Å². The standard InChI is InChI=1S/C15H14BrNO2/c1-17(10-11-2-6-13(16)7-3-11)15(19)12-4-8-14(18)9-5-12/h2-9,18H,10H2,1H3. The van der Waals surface area contributed by atoms with Gasteiger partial charge in [0, 0.05) is 23.6 Å². The summed E-state index contributed by atoms with van der Waals surface area (Å²) in [7, 11) is 1.76. The Labute approximate surface area is 120 Å². The van der Waals surface area contributed by atoms with Crippen LogP contribution in [0.25, 0.3) is 0 Å². The van der Waals surface area contributed by atoms with Crippen LogP contribution < -0.4 is 0 Å². The number of nitrogens with zero attached hydrogens (tertiary/aromatic N) is 1. The number of phenolic OH excluding ortho intramolecular Hbond substituents is 1. The van der Waals surface area contributed by atoms with Gasteiger partial charge in [0.1, 0.15) is 5.75 Å². The maximum absolute atomic E-state index is 12.2. The number of hydrogen-bond acceptors (Lipinski definition) is 2. The average molecular weight is 320 g/mol. The summed E-state index contributed by atoms with van der Waals surface area (Å²) in [6.45, 7) is 0.549. The molecule has 3 nitrogen and oxygen atoms in total. The molecule has 0 unspecified atom stereocenters. The van der Waals surface area contributed by atoms with E-state index < -0.39 is 0 Å². The minimum atomic E-state index is -0.0667. The molecule has 0 fully saturated rings. The fourth-order valence-electron chi connectivity index (χ4n) is 1.76. The van der Waals surface area contributed by atoms with Gasteiger partial charge in [-0.3, -0.25) is 4.79 Å². The third-order valence-electron chi connectivity index (χ3n) is 2.79. The van der Waals surface area contributed by atoms with Crippen LogP contribution in [0.2, 0.25) is 0 Å². The molecule has 0 atom stereocenters. The largest absolute Gasteiger partial charge is 0.508 e. The molecule has 0 bridgehead atoms. The third kappa shape index (κ3) is 3.58. The molecule has 0 spiro atoms. The van der Waals surface area contributed by atoms with E-state index in [4.69, 9.17) is 0 Å². The molecule has 1 amide bonds. The summed E-state index contributed by atoms with van der Waals surface area (Å²) in [4.78, 5) is 13.8. The third-order valence-corrected chi connectivity index (χ3v) is 3.32. The zero-order valence-corrected chi connectivity index (χ0v) is 12.1. The van der Waals surface area contributed by atoms with Crippen molar-refractivity contribution in [3.05, 3.63) is 64.1 Å². The molecule has 0 heterocycles. The van der Waals surface area contributed by atoms with Crippen LogP contribution in [0.15, 0.2) is 53.0 Å². The first kappa shape index (κ1) is 13.6. The summed E-state index contributed by atoms with van der Waals surface area (Å²) >= 11 is 3.38. The minimum absolute atomic E-state index is 0.0667. The van der Waals surface area contributed by atoms with Crippen LogP contribution in [0, 0.1) is 0 Å². The maximum atomic E-state index is 12.2. The van der Waals surface area contributed by atoms with Gasteiger partial charge in [-0.1, -0.05) is 28.1 Å². The van der Waals surface area contributed by atoms with Gasteiger partial charge in [-0.2, -0.15) is 0 Å². The summed E-state index contributed by atoms with van der Waals surface area (Å²) in [5, 5.41) is 9.21. The van der Waals surface area contributed by atoms with E-state index in [-0.39, 0.29) is 11.7 Å². The lowest BCUT2D eigenvalue weighted by Gasteiger charge is -2.17. The summed E-state index contributed by atoms with van der Waals surface area (Å²) in [6, 6.07) is 14.1. The van der Waals surface area contributed by atoms with Gasteiger partial charge >= 0.3 is 0 Å². The van der Waals surface area contributed by atoms with Gasteiger partial charge < -0.3 is 10.0 Å². The number of carbonyl (C=O) groups excluding carboxylic acids is 1. The van der Waals surface area contributed by atoms with E-state index in [1.807, 2.05) is 24.3 Å². The highest BCUT2D eigenvalue weighted by molar-refractivity contribution is 9.10. The molecular weight excluding hydrogens is 306 g/mol. The van der Waals surface area contributed by atoms with E-state index in [9.17, 15) is 9.90 Å². The van der Waals surface area contributed by atoms with Gasteiger partial charge in [-0.05, 0) is 42.0 Å². The molecule has 2 rings (SSSR count). The number of phenols is 1. The lowest BCUT2D eigenvalue weighted by Crippen LogP contribution is -2.26. The smallest absolute Gasteiger partial charge is 0.253 e. The SMILES string of the molecule is CN(Cc1ccc(Br)cc1)C(=O)c1ccc(O)cc1. The predicted molar refractivity (Wildman–Crippen MR) is 78.0 cm³/mol. The molecule has 4 heteroatoms. The van der Waals surface area contributed by atoms with Gasteiger partial charge in [-0.15, -0.1) is 0 Å². The highest BCUT2D eigenvalue weighted by atomic mass is 79.9. The van der Waals surface area contributed by atoms with E-state index in [1.54, 1.807) is 24.1 Å². The van der Waals surface area contributed by atoms with Crippen molar-refractivity contribution in [1.29, 1.82) is 0 Å². The lowest BCUT2D eigenvalue weighted by atomic mass is 10.1. The summed E-state index contributed by atoms with van der Waals surface area (Å²) < 4.78 is 1.02. The minimum Gasteiger partial charge on any atom is -0.508 e. The van der Waals surface area contributed by atoms with Crippen molar-refractivity contribution >= 4 is 21.8 Å². The molecule has 0 aliphatic heterocycles. The molecule has 2 aromatic carbocycles. The number of amides is 1. The Morgan fingerprint density at radius 2 is 1.68 bits per heavy atom. The van der Waals surface area contributed by atoms with E-state index in [0.29, 0.717) is 12.1 Å². The topological polar surface area (TPSA) is 40.5 Å². The highest BCUT2D eigenvalue weighted by Gasteiger charge is 2.11. The monoisotopic (exact) mass is 319 g/mol. The number of hydrogen-bond donors (Lipinski definition) is 1. The number of rotatable bonds is 3. The Hall–Kier alpha value is -1.81. The van der Waals surface area contributed by atoms with E-state index >= 15 is 0 Å². The predicted octanol–water partition coefficient (Wildman–Crippen LogP) is 3.43. The fraction of sp³-hybridized carbons (Fsp3) is 0.133. The average Bonchev–Trinajstić information content (AvgIpc) is 2.41. The number of halogens is 1. The molecular formula is C15H14BrNO2. The van der Waals surface area contributed by atoms with Crippen molar-refractivity contribution in [2.75, 3.05) is 7.05 Å². The van der Waals surface area contributed by atoms with Crippen molar-refractivity contribution in [3.63, 3.8) is 0 Å². The first-order valence-corrected chi connectivity index (χ1v) is 6.64. The van der Waals surface area contributed by atoms with Crippen LogP contribution in [0.1, 0.15) is 15.9 Å². The van der Waals surface area contributed by atoms with Crippen LogP contribution in [0.5, 0.6) is 5.75 Å². The molecule has 98 valence electrons. The molecule has 0 radical (unpaired) electrons. The Morgan fingerprint density at radius 1 is 1.11 bits per heavy atom. The molecule has 0 aliphatic carbocycles. The van der Waals surface area contributed by atoms with Crippen molar-refractivity contribution in [3.8, 4) is 5.75 Å². The second-order valence-corrected chi connectivity index (χ2v) is 5.25. The van der Waals surface area contributed by atoms with E-state index in [1.165, 1.54) is 12.1 Å². The maximum Gasteiger partial charge on any atom is 0.253 e. The molecule has 0 aromatic heterocycles. The summed E-state index contributed by atoms with van der Waals surface area (Å²) in [5.41, 5.74) is 1.63. The van der Waals surface area contributed by atoms with Gasteiger partial charge in [0.15, 0.2) is 0 Å². The summed E-state index contributed by atoms with van der Waals surface area (Å²) in [6.07, 6.45) is 0. The molecule has 0 aliphatic rings. The van der Waals surface area contributed by atoms with Crippen molar-refractivity contribution in [1.82, 2.24) is 4.90 Å². The van der Waals surface area contributed by atoms with Gasteiger partial charge in [0.2, 0.25) is 0 Å². The van der Waals surface area contributed by atoms with Gasteiger partial charge in [-0.25, -0.2) is 0 Å². The zero-order valence-electron chi connectivity index (χ0n) is 10.5. The van der Waals surface area contributed by atoms with Crippen LogP contribution in [-0.2, 0) is 6.54 Å². The quantitative estimate of drug-likeness (QED) is 0.941. The number of benzene rings is 2. The number of carbonyl (C=O) groups is 1. The lowest BCUT2D eigenvalue weighted by molar-refractivity contribution is 0.0785. The van der Waals surface area contributed by atoms with Crippen LogP contribution >= 0.6 is 15.9 Å². The van der Waals surface area contributed by atoms with Gasteiger partial charge in [0.25, 0.3) is 5.91 Å². The van der Waals surface area contributed by atoms with Crippen LogP contribution in [-0.4, -0.2) is 23.0 Å². The zero-order chi connectivity index (χ0) is 13.8. The normalized spacial score (nSPS) is 10.2. The van der Waals surface area contributed by atoms with Gasteiger partial charge in [0.05, 0.1) is 0 Å². The van der Waals surface area contributed by atoms with E-state index in [2.05, 4.69) is 15.9 Å². The Kier molecular flexibility index (Phi) is 4.22. The van der Waals surface area contributed by atoms with Crippen LogP contribution in [0.3, 0.4) is 0 Å². The van der Waals surface area contributed by atoms with Crippen molar-refractivity contribution in [2.45, 2.75) is 6.54 Å². The highest BCUT2D eigenvalue weighted by Crippen LogP contribution is 2.14. The first-order chi connectivity index (χ1) is 9.06. The molecule has 1 N–H and O–H groups in total.